The molecule has 23 heavy (non-hydrogen) atoms. The second kappa shape index (κ2) is 7.81. The molecule has 1 aliphatic rings. The molecule has 1 N–H and O–H groups in total. The molecule has 1 aromatic carbocycles. The zero-order chi connectivity index (χ0) is 15.5. The molecule has 1 aromatic heterocycles. The summed E-state index contributed by atoms with van der Waals surface area (Å²) >= 11 is 5.98. The van der Waals surface area contributed by atoms with Crippen molar-refractivity contribution in [3.63, 3.8) is 0 Å². The van der Waals surface area contributed by atoms with Crippen molar-refractivity contribution in [2.24, 2.45) is 0 Å². The second-order valence-corrected chi connectivity index (χ2v) is 5.92. The van der Waals surface area contributed by atoms with E-state index in [9.17, 15) is 4.79 Å². The summed E-state index contributed by atoms with van der Waals surface area (Å²) in [6.07, 6.45) is 1.91. The maximum atomic E-state index is 12.5. The zero-order valence-corrected chi connectivity index (χ0v) is 14.4. The van der Waals surface area contributed by atoms with Gasteiger partial charge in [0.15, 0.2) is 0 Å². The lowest BCUT2D eigenvalue weighted by Gasteiger charge is -2.30. The average molecular weight is 356 g/mol. The summed E-state index contributed by atoms with van der Waals surface area (Å²) in [6.45, 7) is 1.87. The number of nitrogens with one attached hydrogen (secondary N) is 1. The van der Waals surface area contributed by atoms with E-state index in [-0.39, 0.29) is 30.1 Å². The van der Waals surface area contributed by atoms with Crippen molar-refractivity contribution >= 4 is 29.9 Å². The number of benzene rings is 1. The SMILES string of the molecule is CN(C(=O)c1cc(-c2cccc(Cl)c2)no1)C1CCNCC1.Cl. The van der Waals surface area contributed by atoms with Crippen LogP contribution in [0.25, 0.3) is 11.3 Å². The van der Waals surface area contributed by atoms with Crippen molar-refractivity contribution in [2.75, 3.05) is 20.1 Å². The second-order valence-electron chi connectivity index (χ2n) is 5.48. The van der Waals surface area contributed by atoms with Gasteiger partial charge in [-0.05, 0) is 38.1 Å². The molecular weight excluding hydrogens is 337 g/mol. The molecule has 0 bridgehead atoms. The third kappa shape index (κ3) is 4.05. The summed E-state index contributed by atoms with van der Waals surface area (Å²) in [5, 5.41) is 7.90. The van der Waals surface area contributed by atoms with E-state index in [1.165, 1.54) is 0 Å². The largest absolute Gasteiger partial charge is 0.350 e. The Morgan fingerprint density at radius 2 is 2.09 bits per heavy atom. The first kappa shape index (κ1) is 17.8. The Morgan fingerprint density at radius 1 is 1.35 bits per heavy atom. The number of carbonyl (C=O) groups is 1. The van der Waals surface area contributed by atoms with Crippen LogP contribution < -0.4 is 5.32 Å². The highest BCUT2D eigenvalue weighted by molar-refractivity contribution is 6.30. The Balaban J connectivity index is 0.00000192. The van der Waals surface area contributed by atoms with E-state index in [0.717, 1.165) is 31.5 Å². The molecule has 1 amide bonds. The lowest BCUT2D eigenvalue weighted by molar-refractivity contribution is 0.0661. The van der Waals surface area contributed by atoms with Gasteiger partial charge in [0.05, 0.1) is 0 Å². The maximum Gasteiger partial charge on any atom is 0.292 e. The number of hydrogen-bond donors (Lipinski definition) is 1. The molecule has 3 rings (SSSR count). The maximum absolute atomic E-state index is 12.5. The quantitative estimate of drug-likeness (QED) is 0.917. The molecule has 0 unspecified atom stereocenters. The molecular formula is C16H19Cl2N3O2. The molecule has 1 aliphatic heterocycles. The van der Waals surface area contributed by atoms with Gasteiger partial charge in [0.25, 0.3) is 5.91 Å². The van der Waals surface area contributed by atoms with Gasteiger partial charge in [-0.3, -0.25) is 4.79 Å². The fourth-order valence-corrected chi connectivity index (χ4v) is 2.88. The van der Waals surface area contributed by atoms with E-state index in [1.54, 1.807) is 23.1 Å². The molecule has 124 valence electrons. The standard InChI is InChI=1S/C16H18ClN3O2.ClH/c1-20(13-5-7-18-8-6-13)16(21)15-10-14(19-22-15)11-3-2-4-12(17)9-11;/h2-4,9-10,13,18H,5-8H2,1H3;1H. The Kier molecular flexibility index (Phi) is 6.04. The number of nitrogens with zero attached hydrogens (tertiary/aromatic N) is 2. The summed E-state index contributed by atoms with van der Waals surface area (Å²) < 4.78 is 5.23. The van der Waals surface area contributed by atoms with Crippen molar-refractivity contribution in [3.8, 4) is 11.3 Å². The number of halogens is 2. The molecule has 7 heteroatoms. The van der Waals surface area contributed by atoms with Crippen molar-refractivity contribution in [2.45, 2.75) is 18.9 Å². The van der Waals surface area contributed by atoms with Crippen LogP contribution >= 0.6 is 24.0 Å². The van der Waals surface area contributed by atoms with Gasteiger partial charge in [-0.1, -0.05) is 28.9 Å². The Bertz CT molecular complexity index is 669. The van der Waals surface area contributed by atoms with E-state index >= 15 is 0 Å². The van der Waals surface area contributed by atoms with Crippen LogP contribution in [0, 0.1) is 0 Å². The molecule has 5 nitrogen and oxygen atoms in total. The predicted molar refractivity (Wildman–Crippen MR) is 92.2 cm³/mol. The van der Waals surface area contributed by atoms with Gasteiger partial charge in [-0.25, -0.2) is 0 Å². The smallest absolute Gasteiger partial charge is 0.292 e. The van der Waals surface area contributed by atoms with Gasteiger partial charge < -0.3 is 14.7 Å². The lowest BCUT2D eigenvalue weighted by Crippen LogP contribution is -2.43. The monoisotopic (exact) mass is 355 g/mol. The third-order valence-electron chi connectivity index (χ3n) is 4.02. The molecule has 0 radical (unpaired) electrons. The molecule has 1 saturated heterocycles. The molecule has 2 aromatic rings. The number of carbonyl (C=O) groups excluding carboxylic acids is 1. The van der Waals surface area contributed by atoms with Gasteiger partial charge in [0, 0.05) is 29.7 Å². The zero-order valence-electron chi connectivity index (χ0n) is 12.8. The number of hydrogen-bond acceptors (Lipinski definition) is 4. The van der Waals surface area contributed by atoms with Crippen LogP contribution in [0.15, 0.2) is 34.9 Å². The van der Waals surface area contributed by atoms with E-state index in [1.807, 2.05) is 19.2 Å². The van der Waals surface area contributed by atoms with Gasteiger partial charge in [-0.2, -0.15) is 0 Å². The van der Waals surface area contributed by atoms with Gasteiger partial charge in [0.2, 0.25) is 5.76 Å². The first-order valence-electron chi connectivity index (χ1n) is 7.35. The van der Waals surface area contributed by atoms with Crippen LogP contribution in [0.4, 0.5) is 0 Å². The van der Waals surface area contributed by atoms with Crippen molar-refractivity contribution in [1.29, 1.82) is 0 Å². The minimum Gasteiger partial charge on any atom is -0.350 e. The summed E-state index contributed by atoms with van der Waals surface area (Å²) in [7, 11) is 1.82. The first-order valence-corrected chi connectivity index (χ1v) is 7.73. The fraction of sp³-hybridized carbons (Fsp3) is 0.375. The highest BCUT2D eigenvalue weighted by atomic mass is 35.5. The van der Waals surface area contributed by atoms with Crippen LogP contribution in [-0.2, 0) is 0 Å². The molecule has 0 spiro atoms. The van der Waals surface area contributed by atoms with Crippen LogP contribution in [0.1, 0.15) is 23.4 Å². The summed E-state index contributed by atoms with van der Waals surface area (Å²) in [6, 6.07) is 9.23. The Hall–Kier alpha value is -1.56. The highest BCUT2D eigenvalue weighted by Crippen LogP contribution is 2.23. The molecule has 0 aliphatic carbocycles. The molecule has 0 saturated carbocycles. The summed E-state index contributed by atoms with van der Waals surface area (Å²) in [5.74, 6) is 0.128. The number of amides is 1. The van der Waals surface area contributed by atoms with E-state index in [0.29, 0.717) is 10.7 Å². The van der Waals surface area contributed by atoms with Crippen LogP contribution in [-0.4, -0.2) is 42.1 Å². The van der Waals surface area contributed by atoms with Gasteiger partial charge >= 0.3 is 0 Å². The summed E-state index contributed by atoms with van der Waals surface area (Å²) in [4.78, 5) is 14.3. The number of rotatable bonds is 3. The summed E-state index contributed by atoms with van der Waals surface area (Å²) in [5.41, 5.74) is 1.45. The van der Waals surface area contributed by atoms with Crippen LogP contribution in [0.5, 0.6) is 0 Å². The van der Waals surface area contributed by atoms with Crippen LogP contribution in [0.3, 0.4) is 0 Å². The van der Waals surface area contributed by atoms with E-state index in [4.69, 9.17) is 16.1 Å². The van der Waals surface area contributed by atoms with Crippen LogP contribution in [0.2, 0.25) is 5.02 Å². The minimum atomic E-state index is -0.132. The average Bonchev–Trinajstić information content (AvgIpc) is 3.04. The molecule has 0 atom stereocenters. The normalized spacial score (nSPS) is 15.0. The first-order chi connectivity index (χ1) is 10.6. The molecule has 2 heterocycles. The third-order valence-corrected chi connectivity index (χ3v) is 4.25. The fourth-order valence-electron chi connectivity index (χ4n) is 2.69. The minimum absolute atomic E-state index is 0. The van der Waals surface area contributed by atoms with E-state index in [2.05, 4.69) is 10.5 Å². The predicted octanol–water partition coefficient (Wildman–Crippen LogP) is 3.24. The number of piperidine rings is 1. The van der Waals surface area contributed by atoms with Gasteiger partial charge in [-0.15, -0.1) is 12.4 Å². The number of aromatic nitrogens is 1. The Morgan fingerprint density at radius 3 is 2.78 bits per heavy atom. The highest BCUT2D eigenvalue weighted by Gasteiger charge is 2.25. The Labute approximate surface area is 146 Å². The van der Waals surface area contributed by atoms with E-state index < -0.39 is 0 Å². The van der Waals surface area contributed by atoms with Crippen molar-refractivity contribution in [1.82, 2.24) is 15.4 Å². The topological polar surface area (TPSA) is 58.4 Å². The lowest BCUT2D eigenvalue weighted by atomic mass is 10.1. The van der Waals surface area contributed by atoms with Crippen molar-refractivity contribution in [3.05, 3.63) is 41.1 Å². The van der Waals surface area contributed by atoms with Gasteiger partial charge in [0.1, 0.15) is 5.69 Å². The van der Waals surface area contributed by atoms with Crippen molar-refractivity contribution < 1.29 is 9.32 Å². The molecule has 1 fully saturated rings.